The van der Waals surface area contributed by atoms with Crippen LogP contribution < -0.4 is 5.32 Å². The van der Waals surface area contributed by atoms with Gasteiger partial charge in [0, 0.05) is 11.6 Å². The van der Waals surface area contributed by atoms with Gasteiger partial charge in [0.15, 0.2) is 0 Å². The van der Waals surface area contributed by atoms with Gasteiger partial charge in [0.2, 0.25) is 0 Å². The van der Waals surface area contributed by atoms with Crippen molar-refractivity contribution in [2.24, 2.45) is 5.92 Å². The van der Waals surface area contributed by atoms with Crippen molar-refractivity contribution in [1.29, 1.82) is 0 Å². The van der Waals surface area contributed by atoms with Crippen molar-refractivity contribution >= 4 is 0 Å². The van der Waals surface area contributed by atoms with Gasteiger partial charge in [-0.05, 0) is 57.9 Å². The third-order valence-corrected chi connectivity index (χ3v) is 4.77. The molecule has 3 heteroatoms. The fraction of sp³-hybridized carbons (Fsp3) is 0.667. The lowest BCUT2D eigenvalue weighted by atomic mass is 9.92. The third kappa shape index (κ3) is 4.79. The maximum atomic E-state index is 13.9. The van der Waals surface area contributed by atoms with Gasteiger partial charge < -0.3 is 10.2 Å². The van der Waals surface area contributed by atoms with Gasteiger partial charge in [0.05, 0.1) is 0 Å². The molecule has 0 spiro atoms. The van der Waals surface area contributed by atoms with Gasteiger partial charge in [-0.2, -0.15) is 0 Å². The molecule has 1 fully saturated rings. The maximum Gasteiger partial charge on any atom is 0.127 e. The molecule has 1 heterocycles. The summed E-state index contributed by atoms with van der Waals surface area (Å²) < 4.78 is 13.9. The number of rotatable bonds is 7. The van der Waals surface area contributed by atoms with E-state index in [2.05, 4.69) is 17.1 Å². The number of hydrogen-bond acceptors (Lipinski definition) is 2. The van der Waals surface area contributed by atoms with E-state index in [0.29, 0.717) is 0 Å². The molecule has 0 amide bonds. The summed E-state index contributed by atoms with van der Waals surface area (Å²) in [4.78, 5) is 2.54. The van der Waals surface area contributed by atoms with Gasteiger partial charge in [-0.25, -0.2) is 4.39 Å². The summed E-state index contributed by atoms with van der Waals surface area (Å²) in [6, 6.07) is 7.22. The van der Waals surface area contributed by atoms with Crippen molar-refractivity contribution in [2.45, 2.75) is 45.1 Å². The lowest BCUT2D eigenvalue weighted by molar-refractivity contribution is 0.172. The molecule has 1 unspecified atom stereocenters. The van der Waals surface area contributed by atoms with E-state index in [1.165, 1.54) is 38.8 Å². The van der Waals surface area contributed by atoms with Crippen molar-refractivity contribution in [2.75, 3.05) is 26.7 Å². The Kier molecular flexibility index (Phi) is 6.65. The molecule has 118 valence electrons. The summed E-state index contributed by atoms with van der Waals surface area (Å²) in [5.74, 6) is 0.830. The highest BCUT2D eigenvalue weighted by Gasteiger charge is 2.20. The number of likely N-dealkylation sites (tertiary alicyclic amines) is 1. The lowest BCUT2D eigenvalue weighted by Gasteiger charge is -2.32. The molecule has 1 N–H and O–H groups in total. The first-order valence-corrected chi connectivity index (χ1v) is 8.38. The molecular formula is C18H29FN2. The zero-order valence-corrected chi connectivity index (χ0v) is 13.4. The maximum absolute atomic E-state index is 13.9. The first-order chi connectivity index (χ1) is 10.2. The fourth-order valence-corrected chi connectivity index (χ4v) is 3.43. The topological polar surface area (TPSA) is 15.3 Å². The number of hydrogen-bond donors (Lipinski definition) is 1. The second-order valence-corrected chi connectivity index (χ2v) is 6.23. The van der Waals surface area contributed by atoms with Gasteiger partial charge in [-0.3, -0.25) is 0 Å². The van der Waals surface area contributed by atoms with Gasteiger partial charge in [0.25, 0.3) is 0 Å². The van der Waals surface area contributed by atoms with Crippen LogP contribution in [0.15, 0.2) is 24.3 Å². The minimum absolute atomic E-state index is 0.0986. The van der Waals surface area contributed by atoms with Gasteiger partial charge in [0.1, 0.15) is 5.82 Å². The highest BCUT2D eigenvalue weighted by Crippen LogP contribution is 2.24. The predicted octanol–water partition coefficient (Wildman–Crippen LogP) is 3.99. The van der Waals surface area contributed by atoms with Gasteiger partial charge in [-0.15, -0.1) is 0 Å². The summed E-state index contributed by atoms with van der Waals surface area (Å²) in [5.41, 5.74) is 0.792. The number of piperidine rings is 1. The number of nitrogens with zero attached hydrogens (tertiary/aromatic N) is 1. The minimum Gasteiger partial charge on any atom is -0.313 e. The van der Waals surface area contributed by atoms with Crippen molar-refractivity contribution in [3.05, 3.63) is 35.6 Å². The molecule has 2 rings (SSSR count). The average Bonchev–Trinajstić information content (AvgIpc) is 2.51. The zero-order chi connectivity index (χ0) is 15.1. The van der Waals surface area contributed by atoms with Crippen molar-refractivity contribution in [3.8, 4) is 0 Å². The summed E-state index contributed by atoms with van der Waals surface area (Å²) in [6.07, 6.45) is 6.31. The lowest BCUT2D eigenvalue weighted by Crippen LogP contribution is -2.36. The van der Waals surface area contributed by atoms with E-state index < -0.39 is 0 Å². The smallest absolute Gasteiger partial charge is 0.127 e. The Morgan fingerprint density at radius 2 is 2.00 bits per heavy atom. The number of benzene rings is 1. The number of nitrogens with one attached hydrogen (secondary N) is 1. The molecule has 1 aliphatic heterocycles. The van der Waals surface area contributed by atoms with Crippen molar-refractivity contribution in [3.63, 3.8) is 0 Å². The summed E-state index contributed by atoms with van der Waals surface area (Å²) in [7, 11) is 1.92. The SMILES string of the molecule is CCCC1CCN(CCC(NC)c2ccccc2F)CC1. The van der Waals surface area contributed by atoms with Crippen LogP contribution in [0, 0.1) is 11.7 Å². The Balaban J connectivity index is 1.81. The minimum atomic E-state index is -0.0986. The molecule has 0 radical (unpaired) electrons. The van der Waals surface area contributed by atoms with E-state index in [9.17, 15) is 4.39 Å². The van der Waals surface area contributed by atoms with E-state index in [1.807, 2.05) is 19.2 Å². The quantitative estimate of drug-likeness (QED) is 0.817. The van der Waals surface area contributed by atoms with Crippen LogP contribution in [0.4, 0.5) is 4.39 Å². The second kappa shape index (κ2) is 8.50. The van der Waals surface area contributed by atoms with E-state index >= 15 is 0 Å². The fourth-order valence-electron chi connectivity index (χ4n) is 3.43. The van der Waals surface area contributed by atoms with Crippen LogP contribution in [0.1, 0.15) is 50.6 Å². The molecule has 1 aliphatic rings. The summed E-state index contributed by atoms with van der Waals surface area (Å²) in [5, 5.41) is 3.26. The highest BCUT2D eigenvalue weighted by molar-refractivity contribution is 5.21. The summed E-state index contributed by atoms with van der Waals surface area (Å²) >= 11 is 0. The Hall–Kier alpha value is -0.930. The predicted molar refractivity (Wildman–Crippen MR) is 86.9 cm³/mol. The third-order valence-electron chi connectivity index (χ3n) is 4.77. The van der Waals surface area contributed by atoms with Crippen LogP contribution in [-0.4, -0.2) is 31.6 Å². The Bertz CT molecular complexity index is 413. The van der Waals surface area contributed by atoms with Gasteiger partial charge >= 0.3 is 0 Å². The zero-order valence-electron chi connectivity index (χ0n) is 13.4. The van der Waals surface area contributed by atoms with Crippen molar-refractivity contribution < 1.29 is 4.39 Å². The van der Waals surface area contributed by atoms with Crippen LogP contribution in [0.3, 0.4) is 0 Å². The molecule has 1 aromatic rings. The molecule has 0 aliphatic carbocycles. The first-order valence-electron chi connectivity index (χ1n) is 8.38. The van der Waals surface area contributed by atoms with E-state index in [4.69, 9.17) is 0 Å². The van der Waals surface area contributed by atoms with Crippen LogP contribution in [0.5, 0.6) is 0 Å². The molecule has 1 atom stereocenters. The summed E-state index contributed by atoms with van der Waals surface area (Å²) in [6.45, 7) is 5.74. The molecule has 2 nitrogen and oxygen atoms in total. The van der Waals surface area contributed by atoms with Crippen LogP contribution in [-0.2, 0) is 0 Å². The van der Waals surface area contributed by atoms with Crippen LogP contribution in [0.25, 0.3) is 0 Å². The van der Waals surface area contributed by atoms with E-state index in [-0.39, 0.29) is 11.9 Å². The average molecular weight is 292 g/mol. The molecule has 21 heavy (non-hydrogen) atoms. The van der Waals surface area contributed by atoms with Crippen molar-refractivity contribution in [1.82, 2.24) is 10.2 Å². The van der Waals surface area contributed by atoms with Crippen LogP contribution in [0.2, 0.25) is 0 Å². The molecule has 0 saturated carbocycles. The van der Waals surface area contributed by atoms with Gasteiger partial charge in [-0.1, -0.05) is 38.0 Å². The first kappa shape index (κ1) is 16.4. The molecular weight excluding hydrogens is 263 g/mol. The Labute approximate surface area is 128 Å². The largest absolute Gasteiger partial charge is 0.313 e. The molecule has 1 aromatic carbocycles. The van der Waals surface area contributed by atoms with E-state index in [1.54, 1.807) is 12.1 Å². The van der Waals surface area contributed by atoms with Crippen LogP contribution >= 0.6 is 0 Å². The highest BCUT2D eigenvalue weighted by atomic mass is 19.1. The molecule has 0 aromatic heterocycles. The second-order valence-electron chi connectivity index (χ2n) is 6.23. The molecule has 1 saturated heterocycles. The monoisotopic (exact) mass is 292 g/mol. The Morgan fingerprint density at radius 3 is 2.62 bits per heavy atom. The molecule has 0 bridgehead atoms. The number of halogens is 1. The normalized spacial score (nSPS) is 18.8. The van der Waals surface area contributed by atoms with E-state index in [0.717, 1.165) is 24.4 Å². The standard InChI is InChI=1S/C18H29FN2/c1-3-6-15-9-12-21(13-10-15)14-11-18(20-2)16-7-4-5-8-17(16)19/h4-5,7-8,15,18,20H,3,6,9-14H2,1-2H3. The Morgan fingerprint density at radius 1 is 1.29 bits per heavy atom.